The van der Waals surface area contributed by atoms with Crippen molar-refractivity contribution in [3.8, 4) is 5.75 Å². The first kappa shape index (κ1) is 26.6. The molecule has 198 valence electrons. The summed E-state index contributed by atoms with van der Waals surface area (Å²) < 4.78 is 9.83. The normalized spacial score (nSPS) is 15.6. The number of nitrogens with one attached hydrogen (secondary N) is 2. The zero-order valence-electron chi connectivity index (χ0n) is 21.3. The van der Waals surface area contributed by atoms with Crippen LogP contribution in [0.15, 0.2) is 53.9 Å². The number of nitrogens with zero attached hydrogens (tertiary/aromatic N) is 3. The maximum Gasteiger partial charge on any atom is 0.357 e. The summed E-state index contributed by atoms with van der Waals surface area (Å²) >= 11 is 1.03. The van der Waals surface area contributed by atoms with Crippen LogP contribution >= 0.6 is 11.3 Å². The number of hydrogen-bond acceptors (Lipinski definition) is 9. The van der Waals surface area contributed by atoms with Gasteiger partial charge < -0.3 is 25.0 Å². The van der Waals surface area contributed by atoms with Crippen molar-refractivity contribution < 1.29 is 28.7 Å². The Morgan fingerprint density at radius 3 is 2.39 bits per heavy atom. The molecular formula is C26H27N5O6S. The monoisotopic (exact) mass is 537 g/mol. The lowest BCUT2D eigenvalue weighted by Gasteiger charge is -2.24. The molecule has 0 bridgehead atoms. The number of esters is 1. The fourth-order valence-corrected chi connectivity index (χ4v) is 4.67. The molecule has 4 amide bonds. The molecule has 2 aromatic carbocycles. The number of imide groups is 1. The number of benzene rings is 2. The third-order valence-electron chi connectivity index (χ3n) is 6.05. The Morgan fingerprint density at radius 1 is 1.11 bits per heavy atom. The van der Waals surface area contributed by atoms with Crippen molar-refractivity contribution in [2.24, 2.45) is 0 Å². The van der Waals surface area contributed by atoms with Crippen LogP contribution in [0.5, 0.6) is 5.75 Å². The van der Waals surface area contributed by atoms with Gasteiger partial charge in [0.2, 0.25) is 5.91 Å². The lowest BCUT2D eigenvalue weighted by molar-refractivity contribution is -0.134. The number of carbonyl (C=O) groups is 4. The molecule has 2 unspecified atom stereocenters. The van der Waals surface area contributed by atoms with Gasteiger partial charge in [0.1, 0.15) is 17.8 Å². The van der Waals surface area contributed by atoms with E-state index in [1.165, 1.54) is 19.6 Å². The lowest BCUT2D eigenvalue weighted by Crippen LogP contribution is -2.49. The predicted molar refractivity (Wildman–Crippen MR) is 141 cm³/mol. The molecular weight excluding hydrogens is 510 g/mol. The Kier molecular flexibility index (Phi) is 7.91. The number of methoxy groups -OCH3 is 2. The molecule has 0 spiro atoms. The van der Waals surface area contributed by atoms with Crippen LogP contribution in [0.4, 0.5) is 15.6 Å². The zero-order chi connectivity index (χ0) is 27.4. The fourth-order valence-electron chi connectivity index (χ4n) is 3.98. The molecule has 1 saturated heterocycles. The molecule has 1 aromatic heterocycles. The summed E-state index contributed by atoms with van der Waals surface area (Å²) in [5.74, 6) is -1.21. The molecule has 0 aliphatic carbocycles. The van der Waals surface area contributed by atoms with Crippen LogP contribution in [-0.2, 0) is 20.7 Å². The Hall–Kier alpha value is -4.45. The number of hydrogen-bond donors (Lipinski definition) is 2. The highest BCUT2D eigenvalue weighted by Gasteiger charge is 2.45. The molecule has 1 aliphatic heterocycles. The van der Waals surface area contributed by atoms with E-state index in [-0.39, 0.29) is 17.2 Å². The van der Waals surface area contributed by atoms with Crippen LogP contribution in [0.3, 0.4) is 0 Å². The van der Waals surface area contributed by atoms with E-state index in [9.17, 15) is 19.2 Å². The third-order valence-corrected chi connectivity index (χ3v) is 6.80. The van der Waals surface area contributed by atoms with Crippen molar-refractivity contribution in [3.05, 3.63) is 70.7 Å². The smallest absolute Gasteiger partial charge is 0.357 e. The van der Waals surface area contributed by atoms with Crippen molar-refractivity contribution in [1.82, 2.24) is 15.2 Å². The third kappa shape index (κ3) is 5.59. The Labute approximate surface area is 223 Å². The van der Waals surface area contributed by atoms with Gasteiger partial charge in [0, 0.05) is 31.6 Å². The Bertz CT molecular complexity index is 1340. The van der Waals surface area contributed by atoms with Crippen LogP contribution in [0, 0.1) is 0 Å². The molecule has 4 rings (SSSR count). The van der Waals surface area contributed by atoms with Gasteiger partial charge in [-0.25, -0.2) is 19.5 Å². The molecule has 2 N–H and O–H groups in total. The fraction of sp³-hybridized carbons (Fsp3) is 0.269. The largest absolute Gasteiger partial charge is 0.497 e. The number of thiazole rings is 1. The molecule has 3 aromatic rings. The minimum Gasteiger partial charge on any atom is -0.497 e. The highest BCUT2D eigenvalue weighted by atomic mass is 32.1. The maximum atomic E-state index is 13.5. The van der Waals surface area contributed by atoms with Gasteiger partial charge in [0.15, 0.2) is 10.8 Å². The number of urea groups is 1. The predicted octanol–water partition coefficient (Wildman–Crippen LogP) is 2.85. The van der Waals surface area contributed by atoms with Gasteiger partial charge >= 0.3 is 12.0 Å². The summed E-state index contributed by atoms with van der Waals surface area (Å²) in [5.41, 5.74) is 2.31. The molecule has 2 atom stereocenters. The van der Waals surface area contributed by atoms with Crippen molar-refractivity contribution in [2.45, 2.75) is 18.5 Å². The minimum atomic E-state index is -1.18. The van der Waals surface area contributed by atoms with Gasteiger partial charge in [-0.05, 0) is 35.4 Å². The van der Waals surface area contributed by atoms with E-state index in [1.54, 1.807) is 24.3 Å². The zero-order valence-corrected chi connectivity index (χ0v) is 22.1. The van der Waals surface area contributed by atoms with Crippen LogP contribution in [0.2, 0.25) is 0 Å². The summed E-state index contributed by atoms with van der Waals surface area (Å²) in [6.07, 6.45) is 0.0727. The van der Waals surface area contributed by atoms with E-state index in [4.69, 9.17) is 4.74 Å². The summed E-state index contributed by atoms with van der Waals surface area (Å²) in [7, 11) is 6.58. The second kappa shape index (κ2) is 11.3. The average molecular weight is 538 g/mol. The van der Waals surface area contributed by atoms with Crippen molar-refractivity contribution in [1.29, 1.82) is 0 Å². The number of carbonyl (C=O) groups excluding carboxylic acids is 4. The first-order valence-electron chi connectivity index (χ1n) is 11.6. The Balaban J connectivity index is 1.62. The quantitative estimate of drug-likeness (QED) is 0.315. The standard InChI is InChI=1S/C26H27N5O6S/c1-30(2)17-9-5-15(6-10-17)13-20(22(32)29-25-27-19(14-38-25)24(34)37-4)31-23(33)21(28-26(31)35)16-7-11-18(36-3)12-8-16/h5-12,14,20-21H,13H2,1-4H3,(H,28,35)(H,27,29,32). The highest BCUT2D eigenvalue weighted by molar-refractivity contribution is 7.14. The van der Waals surface area contributed by atoms with Gasteiger partial charge in [0.05, 0.1) is 14.2 Å². The first-order chi connectivity index (χ1) is 18.2. The van der Waals surface area contributed by atoms with Gasteiger partial charge in [-0.1, -0.05) is 24.3 Å². The number of rotatable bonds is 9. The topological polar surface area (TPSA) is 130 Å². The second-order valence-electron chi connectivity index (χ2n) is 8.66. The molecule has 1 fully saturated rings. The molecule has 11 nitrogen and oxygen atoms in total. The van der Waals surface area contributed by atoms with Crippen LogP contribution in [0.1, 0.15) is 27.7 Å². The SMILES string of the molecule is COC(=O)c1csc(NC(=O)C(Cc2ccc(N(C)C)cc2)N2C(=O)NC(c3ccc(OC)cc3)C2=O)n1. The average Bonchev–Trinajstić information content (AvgIpc) is 3.50. The van der Waals surface area contributed by atoms with Gasteiger partial charge in [-0.3, -0.25) is 9.59 Å². The number of amides is 4. The molecule has 0 radical (unpaired) electrons. The van der Waals surface area contributed by atoms with E-state index in [0.717, 1.165) is 27.5 Å². The summed E-state index contributed by atoms with van der Waals surface area (Å²) in [5, 5.41) is 6.91. The van der Waals surface area contributed by atoms with E-state index < -0.39 is 35.9 Å². The summed E-state index contributed by atoms with van der Waals surface area (Å²) in [6.45, 7) is 0. The number of anilines is 2. The van der Waals surface area contributed by atoms with Crippen LogP contribution in [-0.4, -0.2) is 68.1 Å². The highest BCUT2D eigenvalue weighted by Crippen LogP contribution is 2.28. The van der Waals surface area contributed by atoms with E-state index in [0.29, 0.717) is 11.3 Å². The van der Waals surface area contributed by atoms with Crippen molar-refractivity contribution in [3.63, 3.8) is 0 Å². The van der Waals surface area contributed by atoms with E-state index in [1.807, 2.05) is 43.3 Å². The number of ether oxygens (including phenoxy) is 2. The number of aromatic nitrogens is 1. The summed E-state index contributed by atoms with van der Waals surface area (Å²) in [4.78, 5) is 58.8. The van der Waals surface area contributed by atoms with Gasteiger partial charge in [0.25, 0.3) is 5.91 Å². The summed E-state index contributed by atoms with van der Waals surface area (Å²) in [6, 6.07) is 11.4. The van der Waals surface area contributed by atoms with Gasteiger partial charge in [-0.15, -0.1) is 11.3 Å². The van der Waals surface area contributed by atoms with Crippen LogP contribution < -0.4 is 20.3 Å². The first-order valence-corrected chi connectivity index (χ1v) is 12.5. The molecule has 0 saturated carbocycles. The molecule has 12 heteroatoms. The molecule has 38 heavy (non-hydrogen) atoms. The molecule has 1 aliphatic rings. The lowest BCUT2D eigenvalue weighted by atomic mass is 10.0. The van der Waals surface area contributed by atoms with Crippen molar-refractivity contribution in [2.75, 3.05) is 38.5 Å². The maximum absolute atomic E-state index is 13.5. The van der Waals surface area contributed by atoms with Gasteiger partial charge in [-0.2, -0.15) is 0 Å². The Morgan fingerprint density at radius 2 is 1.79 bits per heavy atom. The second-order valence-corrected chi connectivity index (χ2v) is 9.52. The van der Waals surface area contributed by atoms with Crippen LogP contribution in [0.25, 0.3) is 0 Å². The minimum absolute atomic E-state index is 0.0400. The van der Waals surface area contributed by atoms with E-state index >= 15 is 0 Å². The molecule has 2 heterocycles. The van der Waals surface area contributed by atoms with E-state index in [2.05, 4.69) is 20.4 Å². The van der Waals surface area contributed by atoms with Crippen molar-refractivity contribution >= 4 is 46.0 Å².